The molecule has 0 saturated carbocycles. The van der Waals surface area contributed by atoms with Crippen molar-refractivity contribution in [3.63, 3.8) is 0 Å². The summed E-state index contributed by atoms with van der Waals surface area (Å²) >= 11 is 6.57. The van der Waals surface area contributed by atoms with Gasteiger partial charge in [0.1, 0.15) is 11.9 Å². The quantitative estimate of drug-likeness (QED) is 0.836. The highest BCUT2D eigenvalue weighted by atomic mass is 32.1. The number of aryl methyl sites for hydroxylation is 1. The minimum absolute atomic E-state index is 0.0757. The Bertz CT molecular complexity index is 769. The molecule has 1 saturated heterocycles. The molecule has 0 bridgehead atoms. The molecule has 1 aliphatic rings. The van der Waals surface area contributed by atoms with Gasteiger partial charge in [-0.15, -0.1) is 11.3 Å². The molecule has 2 N–H and O–H groups in total. The first-order valence-electron chi connectivity index (χ1n) is 7.40. The van der Waals surface area contributed by atoms with Crippen molar-refractivity contribution in [3.8, 4) is 5.75 Å². The number of aromatic hydroxyl groups is 1. The maximum atomic E-state index is 12.6. The van der Waals surface area contributed by atoms with E-state index in [9.17, 15) is 9.90 Å². The number of aromatic nitrogens is 1. The average Bonchev–Trinajstić information content (AvgIpc) is 2.85. The Morgan fingerprint density at radius 1 is 1.57 bits per heavy atom. The van der Waals surface area contributed by atoms with Crippen molar-refractivity contribution in [3.05, 3.63) is 44.4 Å². The molecule has 1 aliphatic heterocycles. The summed E-state index contributed by atoms with van der Waals surface area (Å²) in [7, 11) is 0. The van der Waals surface area contributed by atoms with Crippen LogP contribution in [0.3, 0.4) is 0 Å². The van der Waals surface area contributed by atoms with E-state index in [0.29, 0.717) is 30.1 Å². The second-order valence-corrected chi connectivity index (χ2v) is 7.31. The largest absolute Gasteiger partial charge is 0.508 e. The number of nitrogens with one attached hydrogen (secondary N) is 1. The SMILES string of the molecule is Cc1[nH]c(=S)sc1CC(=O)N1CCO[C@H](c2cccc(O)c2)C1. The fourth-order valence-electron chi connectivity index (χ4n) is 2.66. The first-order chi connectivity index (χ1) is 11.0. The van der Waals surface area contributed by atoms with Crippen LogP contribution >= 0.6 is 23.6 Å². The van der Waals surface area contributed by atoms with Gasteiger partial charge in [0.25, 0.3) is 0 Å². The van der Waals surface area contributed by atoms with Crippen LogP contribution in [0.5, 0.6) is 5.75 Å². The molecule has 1 aromatic heterocycles. The number of benzene rings is 1. The number of hydrogen-bond donors (Lipinski definition) is 2. The zero-order valence-electron chi connectivity index (χ0n) is 12.7. The van der Waals surface area contributed by atoms with E-state index in [-0.39, 0.29) is 17.8 Å². The number of phenols is 1. The normalized spacial score (nSPS) is 18.1. The lowest BCUT2D eigenvalue weighted by molar-refractivity contribution is -0.138. The van der Waals surface area contributed by atoms with Gasteiger partial charge in [-0.05, 0) is 36.8 Å². The summed E-state index contributed by atoms with van der Waals surface area (Å²) in [6.45, 7) is 3.51. The molecular weight excluding hydrogens is 332 g/mol. The van der Waals surface area contributed by atoms with Crippen LogP contribution in [0.15, 0.2) is 24.3 Å². The van der Waals surface area contributed by atoms with Crippen LogP contribution in [0.1, 0.15) is 22.2 Å². The number of nitrogens with zero attached hydrogens (tertiary/aromatic N) is 1. The molecule has 3 rings (SSSR count). The van der Waals surface area contributed by atoms with Crippen molar-refractivity contribution in [2.75, 3.05) is 19.7 Å². The Morgan fingerprint density at radius 3 is 3.09 bits per heavy atom. The van der Waals surface area contributed by atoms with Gasteiger partial charge < -0.3 is 19.7 Å². The van der Waals surface area contributed by atoms with Crippen LogP contribution in [0.4, 0.5) is 0 Å². The number of thiazole rings is 1. The van der Waals surface area contributed by atoms with Gasteiger partial charge in [0, 0.05) is 17.1 Å². The zero-order valence-corrected chi connectivity index (χ0v) is 14.4. The number of ether oxygens (including phenoxy) is 1. The summed E-state index contributed by atoms with van der Waals surface area (Å²) in [5.74, 6) is 0.282. The maximum absolute atomic E-state index is 12.6. The summed E-state index contributed by atoms with van der Waals surface area (Å²) in [5, 5.41) is 9.60. The molecule has 2 heterocycles. The number of carbonyl (C=O) groups is 1. The molecular formula is C16H18N2O3S2. The van der Waals surface area contributed by atoms with E-state index in [0.717, 1.165) is 16.1 Å². The zero-order chi connectivity index (χ0) is 16.4. The average molecular weight is 350 g/mol. The summed E-state index contributed by atoms with van der Waals surface area (Å²) in [6, 6.07) is 6.99. The number of hydrogen-bond acceptors (Lipinski definition) is 5. The van der Waals surface area contributed by atoms with E-state index >= 15 is 0 Å². The van der Waals surface area contributed by atoms with Crippen molar-refractivity contribution < 1.29 is 14.6 Å². The van der Waals surface area contributed by atoms with Crippen LogP contribution in [-0.2, 0) is 16.0 Å². The Balaban J connectivity index is 1.69. The van der Waals surface area contributed by atoms with Crippen molar-refractivity contribution in [1.29, 1.82) is 0 Å². The number of aromatic amines is 1. The highest BCUT2D eigenvalue weighted by Gasteiger charge is 2.26. The van der Waals surface area contributed by atoms with Crippen molar-refractivity contribution >= 4 is 29.5 Å². The van der Waals surface area contributed by atoms with E-state index in [1.54, 1.807) is 18.2 Å². The number of morpholine rings is 1. The molecule has 122 valence electrons. The van der Waals surface area contributed by atoms with E-state index in [2.05, 4.69) is 4.98 Å². The molecule has 1 fully saturated rings. The minimum Gasteiger partial charge on any atom is -0.508 e. The molecule has 23 heavy (non-hydrogen) atoms. The highest BCUT2D eigenvalue weighted by Crippen LogP contribution is 2.25. The number of H-pyrrole nitrogens is 1. The summed E-state index contributed by atoms with van der Waals surface area (Å²) < 4.78 is 6.45. The van der Waals surface area contributed by atoms with Gasteiger partial charge in [-0.3, -0.25) is 4.79 Å². The number of rotatable bonds is 3. The van der Waals surface area contributed by atoms with Crippen LogP contribution < -0.4 is 0 Å². The van der Waals surface area contributed by atoms with Gasteiger partial charge in [-0.2, -0.15) is 0 Å². The third-order valence-electron chi connectivity index (χ3n) is 3.90. The lowest BCUT2D eigenvalue weighted by atomic mass is 10.1. The maximum Gasteiger partial charge on any atom is 0.228 e. The minimum atomic E-state index is -0.203. The molecule has 2 aromatic rings. The van der Waals surface area contributed by atoms with E-state index in [1.165, 1.54) is 11.3 Å². The molecule has 0 aliphatic carbocycles. The Morgan fingerprint density at radius 2 is 2.39 bits per heavy atom. The third-order valence-corrected chi connectivity index (χ3v) is 5.23. The second-order valence-electron chi connectivity index (χ2n) is 5.53. The van der Waals surface area contributed by atoms with Gasteiger partial charge in [-0.25, -0.2) is 0 Å². The molecule has 1 amide bonds. The monoisotopic (exact) mass is 350 g/mol. The topological polar surface area (TPSA) is 65.6 Å². The number of amides is 1. The van der Waals surface area contributed by atoms with Gasteiger partial charge >= 0.3 is 0 Å². The lowest BCUT2D eigenvalue weighted by Gasteiger charge is -2.33. The van der Waals surface area contributed by atoms with Crippen LogP contribution in [0.25, 0.3) is 0 Å². The third kappa shape index (κ3) is 3.80. The predicted molar refractivity (Wildman–Crippen MR) is 91.3 cm³/mol. The first-order valence-corrected chi connectivity index (χ1v) is 8.62. The Hall–Kier alpha value is -1.70. The number of phenolic OH excluding ortho intramolecular Hbond substituents is 1. The smallest absolute Gasteiger partial charge is 0.228 e. The Kier molecular flexibility index (Phi) is 4.79. The molecule has 7 heteroatoms. The molecule has 0 radical (unpaired) electrons. The van der Waals surface area contributed by atoms with Crippen LogP contribution in [0.2, 0.25) is 0 Å². The summed E-state index contributed by atoms with van der Waals surface area (Å²) in [5.41, 5.74) is 1.85. The van der Waals surface area contributed by atoms with Gasteiger partial charge in [-0.1, -0.05) is 12.1 Å². The highest BCUT2D eigenvalue weighted by molar-refractivity contribution is 7.73. The molecule has 0 unspecified atom stereocenters. The fourth-order valence-corrected chi connectivity index (χ4v) is 3.94. The van der Waals surface area contributed by atoms with E-state index < -0.39 is 0 Å². The van der Waals surface area contributed by atoms with Gasteiger partial charge in [0.2, 0.25) is 5.91 Å². The van der Waals surface area contributed by atoms with Gasteiger partial charge in [0.15, 0.2) is 3.95 Å². The van der Waals surface area contributed by atoms with Crippen LogP contribution in [0, 0.1) is 10.9 Å². The van der Waals surface area contributed by atoms with Crippen molar-refractivity contribution in [2.45, 2.75) is 19.4 Å². The summed E-state index contributed by atoms with van der Waals surface area (Å²) in [4.78, 5) is 18.4. The summed E-state index contributed by atoms with van der Waals surface area (Å²) in [6.07, 6.45) is 0.154. The fraction of sp³-hybridized carbons (Fsp3) is 0.375. The molecule has 1 aromatic carbocycles. The van der Waals surface area contributed by atoms with Gasteiger partial charge in [0.05, 0.1) is 19.6 Å². The molecule has 0 spiro atoms. The van der Waals surface area contributed by atoms with E-state index in [4.69, 9.17) is 17.0 Å². The molecule has 1 atom stereocenters. The standard InChI is InChI=1S/C16H18N2O3S2/c1-10-14(23-16(22)17-10)8-15(20)18-5-6-21-13(9-18)11-3-2-4-12(19)7-11/h2-4,7,13,19H,5-6,8-9H2,1H3,(H,17,22)/t13-/m0/s1. The second kappa shape index (κ2) is 6.82. The van der Waals surface area contributed by atoms with Crippen molar-refractivity contribution in [2.24, 2.45) is 0 Å². The van der Waals surface area contributed by atoms with E-state index in [1.807, 2.05) is 17.9 Å². The molecule has 5 nitrogen and oxygen atoms in total. The predicted octanol–water partition coefficient (Wildman–Crippen LogP) is 2.96. The lowest BCUT2D eigenvalue weighted by Crippen LogP contribution is -2.42. The van der Waals surface area contributed by atoms with Crippen LogP contribution in [-0.4, -0.2) is 40.6 Å². The first kappa shape index (κ1) is 16.2. The number of carbonyl (C=O) groups excluding carboxylic acids is 1. The van der Waals surface area contributed by atoms with Crippen molar-refractivity contribution in [1.82, 2.24) is 9.88 Å². The Labute approximate surface area is 143 Å².